The van der Waals surface area contributed by atoms with Gasteiger partial charge in [0.05, 0.1) is 19.8 Å². The summed E-state index contributed by atoms with van der Waals surface area (Å²) in [4.78, 5) is 12.5. The molecule has 0 aliphatic carbocycles. The zero-order valence-electron chi connectivity index (χ0n) is 14.6. The zero-order valence-corrected chi connectivity index (χ0v) is 16.2. The Morgan fingerprint density at radius 2 is 1.96 bits per heavy atom. The van der Waals surface area contributed by atoms with Gasteiger partial charge in [0.2, 0.25) is 5.13 Å². The van der Waals surface area contributed by atoms with Crippen molar-refractivity contribution in [3.8, 4) is 11.5 Å². The smallest absolute Gasteiger partial charge is 0.261 e. The molecule has 140 valence electrons. The molecule has 0 saturated heterocycles. The summed E-state index contributed by atoms with van der Waals surface area (Å²) in [7, 11) is 2.97. The summed E-state index contributed by atoms with van der Waals surface area (Å²) in [5.74, 6) is 0.597. The van der Waals surface area contributed by atoms with Crippen LogP contribution in [-0.4, -0.2) is 30.3 Å². The van der Waals surface area contributed by atoms with E-state index in [0.717, 1.165) is 0 Å². The van der Waals surface area contributed by atoms with Gasteiger partial charge < -0.3 is 9.47 Å². The molecule has 3 aromatic rings. The van der Waals surface area contributed by atoms with Gasteiger partial charge in [0.25, 0.3) is 5.91 Å². The number of rotatable bonds is 7. The molecule has 1 amide bonds. The van der Waals surface area contributed by atoms with E-state index < -0.39 is 0 Å². The first kappa shape index (κ1) is 19.1. The van der Waals surface area contributed by atoms with Crippen molar-refractivity contribution < 1.29 is 18.7 Å². The number of nitrogens with zero attached hydrogens (tertiary/aromatic N) is 2. The molecule has 2 aromatic carbocycles. The minimum absolute atomic E-state index is 0.256. The second-order valence-corrected chi connectivity index (χ2v) is 7.45. The summed E-state index contributed by atoms with van der Waals surface area (Å²) in [5.41, 5.74) is 0.914. The minimum Gasteiger partial charge on any atom is -0.493 e. The SMILES string of the molecule is COc1cccc(C(=O)Nc2nnc(SCc3ccccc3F)s2)c1OC. The van der Waals surface area contributed by atoms with E-state index in [2.05, 4.69) is 15.5 Å². The number of carbonyl (C=O) groups is 1. The number of aromatic nitrogens is 2. The number of nitrogens with one attached hydrogen (secondary N) is 1. The van der Waals surface area contributed by atoms with Gasteiger partial charge in [-0.25, -0.2) is 4.39 Å². The molecule has 27 heavy (non-hydrogen) atoms. The number of carbonyl (C=O) groups excluding carboxylic acids is 1. The highest BCUT2D eigenvalue weighted by Crippen LogP contribution is 2.32. The monoisotopic (exact) mass is 405 g/mol. The first-order valence-electron chi connectivity index (χ1n) is 7.84. The van der Waals surface area contributed by atoms with E-state index in [0.29, 0.717) is 37.8 Å². The Labute approximate surface area is 163 Å². The third kappa shape index (κ3) is 4.55. The van der Waals surface area contributed by atoms with Crippen molar-refractivity contribution >= 4 is 34.1 Å². The van der Waals surface area contributed by atoms with Crippen LogP contribution in [0.1, 0.15) is 15.9 Å². The molecule has 3 rings (SSSR count). The highest BCUT2D eigenvalue weighted by molar-refractivity contribution is 8.00. The van der Waals surface area contributed by atoms with E-state index in [4.69, 9.17) is 9.47 Å². The zero-order chi connectivity index (χ0) is 19.2. The number of para-hydroxylation sites is 1. The Balaban J connectivity index is 1.67. The molecule has 6 nitrogen and oxygen atoms in total. The summed E-state index contributed by atoms with van der Waals surface area (Å²) >= 11 is 2.57. The maximum atomic E-state index is 13.7. The summed E-state index contributed by atoms with van der Waals surface area (Å²) < 4.78 is 24.8. The molecule has 9 heteroatoms. The maximum absolute atomic E-state index is 13.7. The van der Waals surface area contributed by atoms with Crippen LogP contribution in [0.3, 0.4) is 0 Å². The second-order valence-electron chi connectivity index (χ2n) is 5.25. The standard InChI is InChI=1S/C18H16FN3O3S2/c1-24-14-9-5-7-12(15(14)25-2)16(23)20-17-21-22-18(27-17)26-10-11-6-3-4-8-13(11)19/h3-9H,10H2,1-2H3,(H,20,21,23). The quantitative estimate of drug-likeness (QED) is 0.468. The fourth-order valence-electron chi connectivity index (χ4n) is 2.30. The molecule has 0 unspecified atom stereocenters. The number of benzene rings is 2. The van der Waals surface area contributed by atoms with Gasteiger partial charge in [-0.05, 0) is 23.8 Å². The highest BCUT2D eigenvalue weighted by Gasteiger charge is 2.18. The lowest BCUT2D eigenvalue weighted by atomic mass is 10.1. The van der Waals surface area contributed by atoms with E-state index in [1.165, 1.54) is 43.4 Å². The van der Waals surface area contributed by atoms with Crippen LogP contribution >= 0.6 is 23.1 Å². The molecular formula is C18H16FN3O3S2. The first-order valence-corrected chi connectivity index (χ1v) is 9.64. The van der Waals surface area contributed by atoms with Gasteiger partial charge >= 0.3 is 0 Å². The van der Waals surface area contributed by atoms with Crippen LogP contribution in [0.25, 0.3) is 0 Å². The average Bonchev–Trinajstić information content (AvgIpc) is 3.13. The van der Waals surface area contributed by atoms with Crippen LogP contribution in [0.5, 0.6) is 11.5 Å². The topological polar surface area (TPSA) is 73.3 Å². The van der Waals surface area contributed by atoms with Crippen molar-refractivity contribution in [1.82, 2.24) is 10.2 Å². The molecule has 0 fully saturated rings. The number of methoxy groups -OCH3 is 2. The lowest BCUT2D eigenvalue weighted by Crippen LogP contribution is -2.13. The van der Waals surface area contributed by atoms with Crippen molar-refractivity contribution in [2.24, 2.45) is 0 Å². The molecule has 0 spiro atoms. The Bertz CT molecular complexity index is 949. The summed E-state index contributed by atoms with van der Waals surface area (Å²) in [5, 5.41) is 11.0. The molecule has 1 heterocycles. The Kier molecular flexibility index (Phi) is 6.25. The van der Waals surface area contributed by atoms with Gasteiger partial charge in [-0.2, -0.15) is 0 Å². The van der Waals surface area contributed by atoms with E-state index in [-0.39, 0.29) is 11.7 Å². The van der Waals surface area contributed by atoms with E-state index in [9.17, 15) is 9.18 Å². The van der Waals surface area contributed by atoms with Gasteiger partial charge in [-0.3, -0.25) is 10.1 Å². The van der Waals surface area contributed by atoms with Gasteiger partial charge in [0, 0.05) is 5.75 Å². The average molecular weight is 405 g/mol. The molecular weight excluding hydrogens is 389 g/mol. The number of amides is 1. The van der Waals surface area contributed by atoms with Crippen molar-refractivity contribution in [3.63, 3.8) is 0 Å². The Hall–Kier alpha value is -2.65. The van der Waals surface area contributed by atoms with Gasteiger partial charge in [0.15, 0.2) is 15.8 Å². The van der Waals surface area contributed by atoms with Crippen LogP contribution in [-0.2, 0) is 5.75 Å². The number of thioether (sulfide) groups is 1. The lowest BCUT2D eigenvalue weighted by molar-refractivity contribution is 0.102. The third-order valence-electron chi connectivity index (χ3n) is 3.58. The van der Waals surface area contributed by atoms with Crippen molar-refractivity contribution in [2.75, 3.05) is 19.5 Å². The molecule has 0 saturated carbocycles. The number of hydrogen-bond donors (Lipinski definition) is 1. The first-order chi connectivity index (χ1) is 13.1. The van der Waals surface area contributed by atoms with Gasteiger partial charge in [0.1, 0.15) is 5.82 Å². The van der Waals surface area contributed by atoms with Crippen LogP contribution in [0.2, 0.25) is 0 Å². The minimum atomic E-state index is -0.382. The molecule has 1 N–H and O–H groups in total. The molecule has 1 aromatic heterocycles. The van der Waals surface area contributed by atoms with Crippen molar-refractivity contribution in [1.29, 1.82) is 0 Å². The fraction of sp³-hybridized carbons (Fsp3) is 0.167. The van der Waals surface area contributed by atoms with E-state index in [1.54, 1.807) is 36.4 Å². The molecule has 0 atom stereocenters. The van der Waals surface area contributed by atoms with Crippen molar-refractivity contribution in [2.45, 2.75) is 10.1 Å². The number of hydrogen-bond acceptors (Lipinski definition) is 7. The Morgan fingerprint density at radius 1 is 1.15 bits per heavy atom. The predicted octanol–water partition coefficient (Wildman–Crippen LogP) is 4.24. The normalized spacial score (nSPS) is 10.5. The Morgan fingerprint density at radius 3 is 2.70 bits per heavy atom. The van der Waals surface area contributed by atoms with Crippen LogP contribution in [0, 0.1) is 5.82 Å². The van der Waals surface area contributed by atoms with E-state index in [1.807, 2.05) is 0 Å². The van der Waals surface area contributed by atoms with Gasteiger partial charge in [-0.1, -0.05) is 47.4 Å². The summed E-state index contributed by atoms with van der Waals surface area (Å²) in [6.45, 7) is 0. The molecule has 0 aliphatic heterocycles. The molecule has 0 bridgehead atoms. The van der Waals surface area contributed by atoms with Crippen LogP contribution < -0.4 is 14.8 Å². The number of halogens is 1. The van der Waals surface area contributed by atoms with Crippen LogP contribution in [0.4, 0.5) is 9.52 Å². The fourth-order valence-corrected chi connectivity index (χ4v) is 4.04. The molecule has 0 radical (unpaired) electrons. The van der Waals surface area contributed by atoms with E-state index >= 15 is 0 Å². The summed E-state index contributed by atoms with van der Waals surface area (Å²) in [6, 6.07) is 11.6. The number of anilines is 1. The molecule has 0 aliphatic rings. The third-order valence-corrected chi connectivity index (χ3v) is 5.60. The van der Waals surface area contributed by atoms with Crippen LogP contribution in [0.15, 0.2) is 46.8 Å². The lowest BCUT2D eigenvalue weighted by Gasteiger charge is -2.11. The maximum Gasteiger partial charge on any atom is 0.261 e. The van der Waals surface area contributed by atoms with Crippen molar-refractivity contribution in [3.05, 3.63) is 59.4 Å². The predicted molar refractivity (Wildman–Crippen MR) is 103 cm³/mol. The highest BCUT2D eigenvalue weighted by atomic mass is 32.2. The second kappa shape index (κ2) is 8.83. The largest absolute Gasteiger partial charge is 0.493 e. The number of ether oxygens (including phenoxy) is 2. The summed E-state index contributed by atoms with van der Waals surface area (Å²) in [6.07, 6.45) is 0. The van der Waals surface area contributed by atoms with Gasteiger partial charge in [-0.15, -0.1) is 10.2 Å².